The topological polar surface area (TPSA) is 110 Å². The normalized spacial score (nSPS) is 15.8. The summed E-state index contributed by atoms with van der Waals surface area (Å²) < 4.78 is 92.4. The molecule has 1 unspecified atom stereocenters. The molecule has 0 saturated heterocycles. The van der Waals surface area contributed by atoms with Crippen molar-refractivity contribution in [1.29, 1.82) is 0 Å². The first-order valence-electron chi connectivity index (χ1n) is 10.3. The Kier molecular flexibility index (Phi) is 6.75. The highest BCUT2D eigenvalue weighted by atomic mass is 35.5. The number of carbonyl (C=O) groups excluding carboxylic acids is 2. The van der Waals surface area contributed by atoms with Crippen molar-refractivity contribution in [3.63, 3.8) is 0 Å². The summed E-state index contributed by atoms with van der Waals surface area (Å²) in [7, 11) is -3.71. The zero-order valence-electron chi connectivity index (χ0n) is 18.7. The highest BCUT2D eigenvalue weighted by Crippen LogP contribution is 2.37. The monoisotopic (exact) mass is 562 g/mol. The van der Waals surface area contributed by atoms with Crippen molar-refractivity contribution < 1.29 is 40.0 Å². The molecule has 0 radical (unpaired) electrons. The van der Waals surface area contributed by atoms with Gasteiger partial charge >= 0.3 is 6.18 Å². The van der Waals surface area contributed by atoms with E-state index in [9.17, 15) is 40.0 Å². The Labute approximate surface area is 211 Å². The molecule has 0 bridgehead atoms. The number of rotatable bonds is 5. The molecule has 1 aliphatic heterocycles. The first-order chi connectivity index (χ1) is 17.1. The lowest BCUT2D eigenvalue weighted by Crippen LogP contribution is -2.40. The standard InChI is InChI=1S/C22H16ClF5N4O4S/c1-37(35,36)9-16-29-20(31-21(34)10-4-11(22(26,27)28)6-13(25)5-10)19-18(30-17(33)8-32(16)19)14-7-12(24)2-3-15(14)23/h2-7,18H,8-9H2,1H3,(H,30,33)(H,31,34). The predicted octanol–water partition coefficient (Wildman–Crippen LogP) is 3.85. The first kappa shape index (κ1) is 26.5. The zero-order chi connectivity index (χ0) is 27.3. The smallest absolute Gasteiger partial charge is 0.342 e. The number of alkyl halides is 3. The van der Waals surface area contributed by atoms with Crippen molar-refractivity contribution in [3.8, 4) is 0 Å². The quantitative estimate of drug-likeness (QED) is 0.459. The van der Waals surface area contributed by atoms with Crippen LogP contribution in [0.25, 0.3) is 0 Å². The number of fused-ring (bicyclic) bond motifs is 1. The van der Waals surface area contributed by atoms with Crippen LogP contribution in [0.4, 0.5) is 27.8 Å². The van der Waals surface area contributed by atoms with Crippen LogP contribution >= 0.6 is 11.6 Å². The summed E-state index contributed by atoms with van der Waals surface area (Å²) in [6.45, 7) is -0.426. The molecule has 0 spiro atoms. The minimum Gasteiger partial charge on any atom is -0.342 e. The number of benzene rings is 2. The number of sulfone groups is 1. The Hall–Kier alpha value is -3.52. The second-order valence-corrected chi connectivity index (χ2v) is 10.8. The van der Waals surface area contributed by atoms with Gasteiger partial charge in [-0.3, -0.25) is 9.59 Å². The summed E-state index contributed by atoms with van der Waals surface area (Å²) in [5.74, 6) is -5.01. The highest BCUT2D eigenvalue weighted by molar-refractivity contribution is 7.89. The maximum Gasteiger partial charge on any atom is 0.416 e. The molecule has 37 heavy (non-hydrogen) atoms. The van der Waals surface area contributed by atoms with Crippen molar-refractivity contribution in [2.75, 3.05) is 11.6 Å². The number of imidazole rings is 1. The number of hydrogen-bond donors (Lipinski definition) is 2. The first-order valence-corrected chi connectivity index (χ1v) is 12.8. The summed E-state index contributed by atoms with van der Waals surface area (Å²) >= 11 is 6.21. The summed E-state index contributed by atoms with van der Waals surface area (Å²) in [5, 5.41) is 4.84. The molecule has 2 N–H and O–H groups in total. The van der Waals surface area contributed by atoms with Crippen LogP contribution in [0.15, 0.2) is 36.4 Å². The fraction of sp³-hybridized carbons (Fsp3) is 0.227. The molecule has 8 nitrogen and oxygen atoms in total. The molecule has 1 aromatic heterocycles. The SMILES string of the molecule is CS(=O)(=O)Cc1nc(NC(=O)c2cc(F)cc(C(F)(F)F)c2)c2n1CC(=O)NC2c1cc(F)ccc1Cl. The van der Waals surface area contributed by atoms with Gasteiger partial charge in [-0.15, -0.1) is 0 Å². The third-order valence-electron chi connectivity index (χ3n) is 5.35. The minimum absolute atomic E-state index is 0.00783. The lowest BCUT2D eigenvalue weighted by atomic mass is 10.0. The van der Waals surface area contributed by atoms with Gasteiger partial charge in [0, 0.05) is 22.4 Å². The lowest BCUT2D eigenvalue weighted by molar-refractivity contribution is -0.137. The number of amides is 2. The number of aromatic nitrogens is 2. The van der Waals surface area contributed by atoms with Gasteiger partial charge in [0.25, 0.3) is 5.91 Å². The van der Waals surface area contributed by atoms with Crippen LogP contribution in [0.1, 0.15) is 39.0 Å². The second-order valence-electron chi connectivity index (χ2n) is 8.26. The van der Waals surface area contributed by atoms with E-state index < -0.39 is 68.9 Å². The molecule has 2 heterocycles. The zero-order valence-corrected chi connectivity index (χ0v) is 20.2. The molecule has 0 fully saturated rings. The Bertz CT molecular complexity index is 1540. The third-order valence-corrected chi connectivity index (χ3v) is 6.47. The molecular formula is C22H16ClF5N4O4S. The van der Waals surface area contributed by atoms with E-state index >= 15 is 0 Å². The van der Waals surface area contributed by atoms with Gasteiger partial charge in [0.05, 0.1) is 17.3 Å². The molecule has 1 atom stereocenters. The van der Waals surface area contributed by atoms with Crippen molar-refractivity contribution in [2.45, 2.75) is 24.5 Å². The molecular weight excluding hydrogens is 547 g/mol. The summed E-state index contributed by atoms with van der Waals surface area (Å²) in [6, 6.07) is 3.30. The molecule has 0 aliphatic carbocycles. The molecule has 3 aromatic rings. The number of nitrogens with zero attached hydrogens (tertiary/aromatic N) is 2. The number of carbonyl (C=O) groups is 2. The third kappa shape index (κ3) is 5.74. The van der Waals surface area contributed by atoms with E-state index in [0.717, 1.165) is 18.4 Å². The molecule has 196 valence electrons. The van der Waals surface area contributed by atoms with E-state index in [1.807, 2.05) is 0 Å². The van der Waals surface area contributed by atoms with E-state index in [2.05, 4.69) is 15.6 Å². The molecule has 1 aliphatic rings. The van der Waals surface area contributed by atoms with Crippen molar-refractivity contribution in [3.05, 3.63) is 81.3 Å². The van der Waals surface area contributed by atoms with Gasteiger partial charge in [0.2, 0.25) is 5.91 Å². The van der Waals surface area contributed by atoms with Gasteiger partial charge in [-0.2, -0.15) is 13.2 Å². The van der Waals surface area contributed by atoms with E-state index in [4.69, 9.17) is 11.6 Å². The summed E-state index contributed by atoms with van der Waals surface area (Å²) in [4.78, 5) is 29.4. The molecule has 15 heteroatoms. The van der Waals surface area contributed by atoms with Crippen LogP contribution in [0.3, 0.4) is 0 Å². The summed E-state index contributed by atoms with van der Waals surface area (Å²) in [6.07, 6.45) is -4.03. The molecule has 0 saturated carbocycles. The molecule has 4 rings (SSSR count). The summed E-state index contributed by atoms with van der Waals surface area (Å²) in [5.41, 5.74) is -2.06. The van der Waals surface area contributed by atoms with E-state index in [0.29, 0.717) is 12.1 Å². The average Bonchev–Trinajstić information content (AvgIpc) is 3.08. The van der Waals surface area contributed by atoms with Crippen molar-refractivity contribution in [1.82, 2.24) is 14.9 Å². The Morgan fingerprint density at radius 3 is 2.54 bits per heavy atom. The number of hydrogen-bond acceptors (Lipinski definition) is 5. The largest absolute Gasteiger partial charge is 0.416 e. The van der Waals surface area contributed by atoms with Crippen LogP contribution in [-0.2, 0) is 33.1 Å². The Morgan fingerprint density at radius 2 is 1.89 bits per heavy atom. The lowest BCUT2D eigenvalue weighted by Gasteiger charge is -2.28. The van der Waals surface area contributed by atoms with Gasteiger partial charge < -0.3 is 15.2 Å². The van der Waals surface area contributed by atoms with Gasteiger partial charge in [-0.1, -0.05) is 11.6 Å². The van der Waals surface area contributed by atoms with Crippen molar-refractivity contribution in [2.24, 2.45) is 0 Å². The Balaban J connectivity index is 1.85. The van der Waals surface area contributed by atoms with E-state index in [1.54, 1.807) is 0 Å². The number of halogens is 6. The van der Waals surface area contributed by atoms with Crippen molar-refractivity contribution >= 4 is 39.1 Å². The predicted molar refractivity (Wildman–Crippen MR) is 122 cm³/mol. The second kappa shape index (κ2) is 9.41. The molecule has 2 aromatic carbocycles. The number of anilines is 1. The minimum atomic E-state index is -4.93. The van der Waals surface area contributed by atoms with Crippen LogP contribution in [-0.4, -0.2) is 36.0 Å². The average molecular weight is 563 g/mol. The van der Waals surface area contributed by atoms with Gasteiger partial charge in [-0.25, -0.2) is 22.2 Å². The van der Waals surface area contributed by atoms with E-state index in [-0.39, 0.29) is 34.0 Å². The fourth-order valence-corrected chi connectivity index (χ4v) is 4.78. The number of nitrogens with one attached hydrogen (secondary N) is 2. The van der Waals surface area contributed by atoms with Crippen LogP contribution in [0.2, 0.25) is 5.02 Å². The maximum atomic E-state index is 14.0. The molecule has 2 amide bonds. The van der Waals surface area contributed by atoms with Crippen LogP contribution in [0.5, 0.6) is 0 Å². The van der Waals surface area contributed by atoms with Gasteiger partial charge in [0.1, 0.15) is 29.8 Å². The fourth-order valence-electron chi connectivity index (χ4n) is 3.86. The van der Waals surface area contributed by atoms with Gasteiger partial charge in [-0.05, 0) is 36.4 Å². The van der Waals surface area contributed by atoms with E-state index in [1.165, 1.54) is 10.6 Å². The Morgan fingerprint density at radius 1 is 1.19 bits per heavy atom. The maximum absolute atomic E-state index is 14.0. The van der Waals surface area contributed by atoms with Crippen LogP contribution < -0.4 is 10.6 Å². The van der Waals surface area contributed by atoms with Crippen LogP contribution in [0, 0.1) is 11.6 Å². The highest BCUT2D eigenvalue weighted by Gasteiger charge is 2.36. The van der Waals surface area contributed by atoms with Gasteiger partial charge in [0.15, 0.2) is 15.7 Å².